The predicted octanol–water partition coefficient (Wildman–Crippen LogP) is 2.27. The maximum absolute atomic E-state index is 5.72. The number of rotatable bonds is 5. The van der Waals surface area contributed by atoms with Gasteiger partial charge in [0, 0.05) is 19.7 Å². The molecule has 2 atom stereocenters. The molecule has 18 heavy (non-hydrogen) atoms. The summed E-state index contributed by atoms with van der Waals surface area (Å²) in [5.74, 6) is 0.894. The molecule has 1 heterocycles. The lowest BCUT2D eigenvalue weighted by atomic mass is 9.89. The van der Waals surface area contributed by atoms with Gasteiger partial charge in [-0.3, -0.25) is 4.90 Å². The lowest BCUT2D eigenvalue weighted by Gasteiger charge is -2.41. The van der Waals surface area contributed by atoms with Crippen LogP contribution >= 0.6 is 0 Å². The highest BCUT2D eigenvalue weighted by molar-refractivity contribution is 4.85. The van der Waals surface area contributed by atoms with Crippen LogP contribution in [0.5, 0.6) is 0 Å². The summed E-state index contributed by atoms with van der Waals surface area (Å²) in [4.78, 5) is 2.70. The summed E-state index contributed by atoms with van der Waals surface area (Å²) in [6, 6.07) is 0.670. The van der Waals surface area contributed by atoms with Gasteiger partial charge in [0.15, 0.2) is 0 Å². The first-order valence-corrected chi connectivity index (χ1v) is 7.82. The molecular weight excluding hydrogens is 224 g/mol. The highest BCUT2D eigenvalue weighted by Gasteiger charge is 2.30. The molecule has 0 bridgehead atoms. The van der Waals surface area contributed by atoms with Crippen LogP contribution in [0.15, 0.2) is 0 Å². The number of likely N-dealkylation sites (N-methyl/N-ethyl adjacent to an activating group) is 1. The average molecular weight is 254 g/mol. The van der Waals surface area contributed by atoms with Crippen molar-refractivity contribution in [1.29, 1.82) is 0 Å². The van der Waals surface area contributed by atoms with E-state index in [0.717, 1.165) is 5.92 Å². The van der Waals surface area contributed by atoms with Gasteiger partial charge in [-0.2, -0.15) is 0 Å². The highest BCUT2D eigenvalue weighted by atomic mass is 16.5. The zero-order chi connectivity index (χ0) is 12.8. The van der Waals surface area contributed by atoms with Gasteiger partial charge < -0.3 is 10.1 Å². The van der Waals surface area contributed by atoms with Crippen LogP contribution in [0.25, 0.3) is 0 Å². The lowest BCUT2D eigenvalue weighted by molar-refractivity contribution is -0.0157. The first-order valence-electron chi connectivity index (χ1n) is 7.82. The molecule has 2 fully saturated rings. The minimum Gasteiger partial charge on any atom is -0.380 e. The minimum atomic E-state index is 0.473. The lowest BCUT2D eigenvalue weighted by Crippen LogP contribution is -2.48. The molecule has 1 aliphatic heterocycles. The molecule has 0 radical (unpaired) electrons. The molecule has 0 spiro atoms. The Balaban J connectivity index is 1.89. The average Bonchev–Trinajstić information content (AvgIpc) is 2.46. The number of hydrogen-bond acceptors (Lipinski definition) is 3. The Morgan fingerprint density at radius 1 is 1.11 bits per heavy atom. The molecule has 1 saturated heterocycles. The van der Waals surface area contributed by atoms with E-state index in [1.807, 2.05) is 7.11 Å². The van der Waals surface area contributed by atoms with Crippen LogP contribution < -0.4 is 5.32 Å². The summed E-state index contributed by atoms with van der Waals surface area (Å²) in [7, 11) is 1.89. The number of nitrogens with one attached hydrogen (secondary N) is 1. The number of nitrogens with zero attached hydrogens (tertiary/aromatic N) is 1. The number of methoxy groups -OCH3 is 1. The Kier molecular flexibility index (Phi) is 5.93. The van der Waals surface area contributed by atoms with Gasteiger partial charge in [-0.15, -0.1) is 0 Å². The van der Waals surface area contributed by atoms with Crippen LogP contribution in [0.1, 0.15) is 45.4 Å². The summed E-state index contributed by atoms with van der Waals surface area (Å²) < 4.78 is 5.72. The zero-order valence-electron chi connectivity index (χ0n) is 12.2. The molecule has 1 saturated carbocycles. The third-order valence-corrected chi connectivity index (χ3v) is 4.80. The van der Waals surface area contributed by atoms with Crippen molar-refractivity contribution >= 4 is 0 Å². The second kappa shape index (κ2) is 7.46. The largest absolute Gasteiger partial charge is 0.380 e. The Bertz CT molecular complexity index is 229. The Labute approximate surface area is 112 Å². The predicted molar refractivity (Wildman–Crippen MR) is 75.9 cm³/mol. The van der Waals surface area contributed by atoms with Crippen LogP contribution in [0.3, 0.4) is 0 Å². The standard InChI is InChI=1S/C15H30N2O/c1-3-17(12-13-8-10-16-11-9-13)14-6-4-5-7-15(14)18-2/h13-16H,3-12H2,1-2H3. The van der Waals surface area contributed by atoms with E-state index < -0.39 is 0 Å². The van der Waals surface area contributed by atoms with Gasteiger partial charge in [-0.25, -0.2) is 0 Å². The maximum Gasteiger partial charge on any atom is 0.0726 e. The molecule has 0 aromatic carbocycles. The van der Waals surface area contributed by atoms with Crippen LogP contribution in [-0.2, 0) is 4.74 Å². The van der Waals surface area contributed by atoms with Gasteiger partial charge in [0.1, 0.15) is 0 Å². The second-order valence-corrected chi connectivity index (χ2v) is 5.91. The number of piperidine rings is 1. The molecule has 3 heteroatoms. The van der Waals surface area contributed by atoms with Gasteiger partial charge in [0.25, 0.3) is 0 Å². The van der Waals surface area contributed by atoms with Crippen LogP contribution in [0.4, 0.5) is 0 Å². The summed E-state index contributed by atoms with van der Waals surface area (Å²) in [6.45, 7) is 7.18. The molecule has 3 nitrogen and oxygen atoms in total. The van der Waals surface area contributed by atoms with Crippen molar-refractivity contribution < 1.29 is 4.74 Å². The van der Waals surface area contributed by atoms with Gasteiger partial charge in [0.05, 0.1) is 6.10 Å². The first-order chi connectivity index (χ1) is 8.85. The normalized spacial score (nSPS) is 30.8. The molecule has 2 aliphatic rings. The molecule has 0 aromatic heterocycles. The van der Waals surface area contributed by atoms with Crippen LogP contribution in [0.2, 0.25) is 0 Å². The van der Waals surface area contributed by atoms with Gasteiger partial charge in [0.2, 0.25) is 0 Å². The summed E-state index contributed by atoms with van der Waals surface area (Å²) in [5, 5.41) is 3.46. The topological polar surface area (TPSA) is 24.5 Å². The smallest absolute Gasteiger partial charge is 0.0726 e. The van der Waals surface area contributed by atoms with Crippen molar-refractivity contribution in [3.63, 3.8) is 0 Å². The quantitative estimate of drug-likeness (QED) is 0.814. The summed E-state index contributed by atoms with van der Waals surface area (Å²) >= 11 is 0. The Morgan fingerprint density at radius 2 is 1.83 bits per heavy atom. The fourth-order valence-corrected chi connectivity index (χ4v) is 3.66. The maximum atomic E-state index is 5.72. The zero-order valence-corrected chi connectivity index (χ0v) is 12.2. The monoisotopic (exact) mass is 254 g/mol. The van der Waals surface area contributed by atoms with Crippen molar-refractivity contribution in [2.75, 3.05) is 33.3 Å². The molecule has 2 rings (SSSR count). The van der Waals surface area contributed by atoms with E-state index in [9.17, 15) is 0 Å². The third-order valence-electron chi connectivity index (χ3n) is 4.80. The first kappa shape index (κ1) is 14.3. The molecule has 1 aliphatic carbocycles. The minimum absolute atomic E-state index is 0.473. The number of hydrogen-bond donors (Lipinski definition) is 1. The van der Waals surface area contributed by atoms with Gasteiger partial charge in [-0.05, 0) is 51.2 Å². The van der Waals surface area contributed by atoms with Crippen molar-refractivity contribution in [2.45, 2.75) is 57.6 Å². The number of ether oxygens (including phenoxy) is 1. The van der Waals surface area contributed by atoms with E-state index in [-0.39, 0.29) is 0 Å². The van der Waals surface area contributed by atoms with E-state index in [1.165, 1.54) is 64.7 Å². The van der Waals surface area contributed by atoms with E-state index in [1.54, 1.807) is 0 Å². The SMILES string of the molecule is CCN(CC1CCNCC1)C1CCCCC1OC. The molecule has 1 N–H and O–H groups in total. The molecular formula is C15H30N2O. The fraction of sp³-hybridized carbons (Fsp3) is 1.00. The van der Waals surface area contributed by atoms with Crippen molar-refractivity contribution in [1.82, 2.24) is 10.2 Å². The van der Waals surface area contributed by atoms with Gasteiger partial charge in [-0.1, -0.05) is 19.8 Å². The molecule has 106 valence electrons. The summed E-state index contributed by atoms with van der Waals surface area (Å²) in [5.41, 5.74) is 0. The molecule has 2 unspecified atom stereocenters. The van der Waals surface area contributed by atoms with Crippen molar-refractivity contribution in [3.05, 3.63) is 0 Å². The second-order valence-electron chi connectivity index (χ2n) is 5.91. The van der Waals surface area contributed by atoms with E-state index in [2.05, 4.69) is 17.1 Å². The molecule has 0 aromatic rings. The van der Waals surface area contributed by atoms with Crippen molar-refractivity contribution in [3.8, 4) is 0 Å². The van der Waals surface area contributed by atoms with Crippen LogP contribution in [-0.4, -0.2) is 50.3 Å². The van der Waals surface area contributed by atoms with Crippen molar-refractivity contribution in [2.24, 2.45) is 5.92 Å². The van der Waals surface area contributed by atoms with Gasteiger partial charge >= 0.3 is 0 Å². The van der Waals surface area contributed by atoms with E-state index in [0.29, 0.717) is 12.1 Å². The van der Waals surface area contributed by atoms with E-state index >= 15 is 0 Å². The highest BCUT2D eigenvalue weighted by Crippen LogP contribution is 2.27. The van der Waals surface area contributed by atoms with Crippen LogP contribution in [0, 0.1) is 5.92 Å². The Hall–Kier alpha value is -0.120. The third kappa shape index (κ3) is 3.69. The fourth-order valence-electron chi connectivity index (χ4n) is 3.66. The molecule has 0 amide bonds. The summed E-state index contributed by atoms with van der Waals surface area (Å²) in [6.07, 6.45) is 8.48. The van der Waals surface area contributed by atoms with E-state index in [4.69, 9.17) is 4.74 Å². The Morgan fingerprint density at radius 3 is 2.50 bits per heavy atom.